The van der Waals surface area contributed by atoms with E-state index in [0.29, 0.717) is 0 Å². The standard InChI is InChI=1S/C17H15F2N/c18-15-8-7-13(12-16(15)19)4-3-10-20-11-9-14-5-1-2-6-17(14)20/h1-2,5-9,11-12H,3-4,10H2. The molecule has 0 atom stereocenters. The second-order valence-electron chi connectivity index (χ2n) is 4.92. The third-order valence-electron chi connectivity index (χ3n) is 3.53. The summed E-state index contributed by atoms with van der Waals surface area (Å²) < 4.78 is 28.1. The van der Waals surface area contributed by atoms with E-state index < -0.39 is 11.6 Å². The first-order chi connectivity index (χ1) is 9.74. The van der Waals surface area contributed by atoms with Crippen molar-refractivity contribution in [3.05, 3.63) is 71.9 Å². The molecule has 0 aliphatic rings. The number of rotatable bonds is 4. The quantitative estimate of drug-likeness (QED) is 0.656. The van der Waals surface area contributed by atoms with Gasteiger partial charge in [0, 0.05) is 18.3 Å². The first kappa shape index (κ1) is 12.9. The molecule has 3 rings (SSSR count). The van der Waals surface area contributed by atoms with Gasteiger partial charge in [0.1, 0.15) is 0 Å². The van der Waals surface area contributed by atoms with E-state index in [-0.39, 0.29) is 0 Å². The Kier molecular flexibility index (Phi) is 3.50. The Labute approximate surface area is 116 Å². The predicted octanol–water partition coefficient (Wildman–Crippen LogP) is 4.55. The van der Waals surface area contributed by atoms with Crippen molar-refractivity contribution in [2.24, 2.45) is 0 Å². The van der Waals surface area contributed by atoms with Gasteiger partial charge in [0.05, 0.1) is 0 Å². The monoisotopic (exact) mass is 271 g/mol. The summed E-state index contributed by atoms with van der Waals surface area (Å²) in [7, 11) is 0. The van der Waals surface area contributed by atoms with E-state index in [9.17, 15) is 8.78 Å². The van der Waals surface area contributed by atoms with Gasteiger partial charge in [-0.15, -0.1) is 0 Å². The molecular weight excluding hydrogens is 256 g/mol. The molecular formula is C17H15F2N. The second-order valence-corrected chi connectivity index (χ2v) is 4.92. The number of halogens is 2. The molecule has 0 aliphatic carbocycles. The van der Waals surface area contributed by atoms with Gasteiger partial charge in [0.15, 0.2) is 11.6 Å². The highest BCUT2D eigenvalue weighted by molar-refractivity contribution is 5.79. The molecule has 0 fully saturated rings. The van der Waals surface area contributed by atoms with Crippen molar-refractivity contribution in [3.8, 4) is 0 Å². The fraction of sp³-hybridized carbons (Fsp3) is 0.176. The van der Waals surface area contributed by atoms with E-state index in [4.69, 9.17) is 0 Å². The highest BCUT2D eigenvalue weighted by Gasteiger charge is 2.03. The van der Waals surface area contributed by atoms with Crippen LogP contribution in [0.3, 0.4) is 0 Å². The van der Waals surface area contributed by atoms with Gasteiger partial charge in [0.25, 0.3) is 0 Å². The lowest BCUT2D eigenvalue weighted by atomic mass is 10.1. The zero-order valence-electron chi connectivity index (χ0n) is 11.0. The summed E-state index contributed by atoms with van der Waals surface area (Å²) in [6, 6.07) is 14.4. The summed E-state index contributed by atoms with van der Waals surface area (Å²) >= 11 is 0. The predicted molar refractivity (Wildman–Crippen MR) is 76.6 cm³/mol. The molecule has 3 aromatic rings. The molecule has 2 aromatic carbocycles. The Morgan fingerprint density at radius 3 is 2.60 bits per heavy atom. The maximum atomic E-state index is 13.1. The number of benzene rings is 2. The lowest BCUT2D eigenvalue weighted by molar-refractivity contribution is 0.506. The number of hydrogen-bond donors (Lipinski definition) is 0. The molecule has 0 saturated carbocycles. The molecule has 0 radical (unpaired) electrons. The molecule has 20 heavy (non-hydrogen) atoms. The van der Waals surface area contributed by atoms with E-state index in [1.807, 2.05) is 12.1 Å². The molecule has 1 heterocycles. The van der Waals surface area contributed by atoms with Crippen molar-refractivity contribution >= 4 is 10.9 Å². The van der Waals surface area contributed by atoms with Gasteiger partial charge in [-0.1, -0.05) is 24.3 Å². The van der Waals surface area contributed by atoms with Crippen molar-refractivity contribution in [3.63, 3.8) is 0 Å². The first-order valence-electron chi connectivity index (χ1n) is 6.72. The highest BCUT2D eigenvalue weighted by Crippen LogP contribution is 2.16. The molecule has 1 aromatic heterocycles. The Bertz CT molecular complexity index is 731. The van der Waals surface area contributed by atoms with Gasteiger partial charge in [-0.25, -0.2) is 8.78 Å². The number of para-hydroxylation sites is 1. The van der Waals surface area contributed by atoms with Crippen molar-refractivity contribution in [1.82, 2.24) is 4.57 Å². The Morgan fingerprint density at radius 2 is 1.75 bits per heavy atom. The second kappa shape index (κ2) is 5.45. The van der Waals surface area contributed by atoms with Crippen LogP contribution in [0.1, 0.15) is 12.0 Å². The van der Waals surface area contributed by atoms with Crippen LogP contribution in [0, 0.1) is 11.6 Å². The first-order valence-corrected chi connectivity index (χ1v) is 6.72. The summed E-state index contributed by atoms with van der Waals surface area (Å²) in [6.07, 6.45) is 3.70. The van der Waals surface area contributed by atoms with Gasteiger partial charge in [0.2, 0.25) is 0 Å². The lowest BCUT2D eigenvalue weighted by Crippen LogP contribution is -1.98. The normalized spacial score (nSPS) is 11.1. The highest BCUT2D eigenvalue weighted by atomic mass is 19.2. The van der Waals surface area contributed by atoms with Crippen molar-refractivity contribution in [2.45, 2.75) is 19.4 Å². The number of aromatic nitrogens is 1. The Morgan fingerprint density at radius 1 is 0.900 bits per heavy atom. The number of nitrogens with zero attached hydrogens (tertiary/aromatic N) is 1. The maximum absolute atomic E-state index is 13.1. The SMILES string of the molecule is Fc1ccc(CCCn2ccc3ccccc32)cc1F. The van der Waals surface area contributed by atoms with Crippen molar-refractivity contribution in [1.29, 1.82) is 0 Å². The van der Waals surface area contributed by atoms with E-state index in [1.165, 1.54) is 23.0 Å². The van der Waals surface area contributed by atoms with Gasteiger partial charge in [-0.3, -0.25) is 0 Å². The number of fused-ring (bicyclic) bond motifs is 1. The van der Waals surface area contributed by atoms with Crippen molar-refractivity contribution < 1.29 is 8.78 Å². The number of aryl methyl sites for hydroxylation is 2. The third kappa shape index (κ3) is 2.57. The molecule has 0 N–H and O–H groups in total. The average Bonchev–Trinajstić information content (AvgIpc) is 2.86. The summed E-state index contributed by atoms with van der Waals surface area (Å²) in [5.41, 5.74) is 2.04. The minimum absolute atomic E-state index is 0.740. The van der Waals surface area contributed by atoms with Gasteiger partial charge < -0.3 is 4.57 Å². The third-order valence-corrected chi connectivity index (χ3v) is 3.53. The van der Waals surface area contributed by atoms with Crippen LogP contribution >= 0.6 is 0 Å². The van der Waals surface area contributed by atoms with E-state index in [2.05, 4.69) is 29.0 Å². The molecule has 3 heteroatoms. The smallest absolute Gasteiger partial charge is 0.159 e. The minimum Gasteiger partial charge on any atom is -0.347 e. The summed E-state index contributed by atoms with van der Waals surface area (Å²) in [6.45, 7) is 0.868. The number of hydrogen-bond acceptors (Lipinski definition) is 0. The summed E-state index contributed by atoms with van der Waals surface area (Å²) in [5, 5.41) is 1.22. The van der Waals surface area contributed by atoms with Crippen LogP contribution in [-0.4, -0.2) is 4.57 Å². The minimum atomic E-state index is -0.787. The Balaban J connectivity index is 1.66. The molecule has 0 unspecified atom stereocenters. The van der Waals surface area contributed by atoms with Crippen LogP contribution in [0.4, 0.5) is 8.78 Å². The Hall–Kier alpha value is -2.16. The van der Waals surface area contributed by atoms with E-state index in [0.717, 1.165) is 24.9 Å². The molecule has 0 aliphatic heterocycles. The molecule has 102 valence electrons. The van der Waals surface area contributed by atoms with Crippen molar-refractivity contribution in [2.75, 3.05) is 0 Å². The average molecular weight is 271 g/mol. The van der Waals surface area contributed by atoms with Crippen LogP contribution in [0.5, 0.6) is 0 Å². The van der Waals surface area contributed by atoms with E-state index in [1.54, 1.807) is 6.07 Å². The fourth-order valence-electron chi connectivity index (χ4n) is 2.48. The lowest BCUT2D eigenvalue weighted by Gasteiger charge is -2.06. The molecule has 0 amide bonds. The largest absolute Gasteiger partial charge is 0.347 e. The van der Waals surface area contributed by atoms with Crippen LogP contribution in [0.25, 0.3) is 10.9 Å². The summed E-state index contributed by atoms with van der Waals surface area (Å²) in [5.74, 6) is -1.56. The molecule has 0 bridgehead atoms. The summed E-state index contributed by atoms with van der Waals surface area (Å²) in [4.78, 5) is 0. The van der Waals surface area contributed by atoms with Crippen LogP contribution in [-0.2, 0) is 13.0 Å². The molecule has 0 spiro atoms. The zero-order chi connectivity index (χ0) is 13.9. The van der Waals surface area contributed by atoms with Gasteiger partial charge in [-0.2, -0.15) is 0 Å². The maximum Gasteiger partial charge on any atom is 0.159 e. The fourth-order valence-corrected chi connectivity index (χ4v) is 2.48. The topological polar surface area (TPSA) is 4.93 Å². The molecule has 1 nitrogen and oxygen atoms in total. The zero-order valence-corrected chi connectivity index (χ0v) is 11.0. The molecule has 0 saturated heterocycles. The van der Waals surface area contributed by atoms with Crippen LogP contribution in [0.15, 0.2) is 54.7 Å². The van der Waals surface area contributed by atoms with Crippen LogP contribution in [0.2, 0.25) is 0 Å². The van der Waals surface area contributed by atoms with Gasteiger partial charge >= 0.3 is 0 Å². The van der Waals surface area contributed by atoms with Gasteiger partial charge in [-0.05, 0) is 48.1 Å². The van der Waals surface area contributed by atoms with Crippen LogP contribution < -0.4 is 0 Å². The van der Waals surface area contributed by atoms with E-state index >= 15 is 0 Å².